The standard InChI is InChI=1S/C17H17ClN2O3/c1-23-11-12-4-2-7-15(8-12)20-16(21)10-19-17(22)13-5-3-6-14(18)9-13/h2-9H,10-11H2,1H3,(H,19,22)(H,20,21). The fourth-order valence-electron chi connectivity index (χ4n) is 2.00. The van der Waals surface area contributed by atoms with Crippen LogP contribution in [0.4, 0.5) is 5.69 Å². The van der Waals surface area contributed by atoms with E-state index in [2.05, 4.69) is 10.6 Å². The Bertz CT molecular complexity index is 704. The topological polar surface area (TPSA) is 67.4 Å². The number of carbonyl (C=O) groups excluding carboxylic acids is 2. The second-order valence-electron chi connectivity index (χ2n) is 4.87. The lowest BCUT2D eigenvalue weighted by atomic mass is 10.2. The Balaban J connectivity index is 1.87. The number of methoxy groups -OCH3 is 1. The first-order chi connectivity index (χ1) is 11.1. The van der Waals surface area contributed by atoms with Crippen LogP contribution in [-0.2, 0) is 16.1 Å². The highest BCUT2D eigenvalue weighted by molar-refractivity contribution is 6.31. The maximum Gasteiger partial charge on any atom is 0.251 e. The molecule has 0 heterocycles. The maximum absolute atomic E-state index is 11.9. The summed E-state index contributed by atoms with van der Waals surface area (Å²) >= 11 is 5.83. The van der Waals surface area contributed by atoms with E-state index in [0.29, 0.717) is 22.9 Å². The molecule has 23 heavy (non-hydrogen) atoms. The summed E-state index contributed by atoms with van der Waals surface area (Å²) in [6, 6.07) is 13.9. The average molecular weight is 333 g/mol. The Kier molecular flexibility index (Phi) is 6.14. The van der Waals surface area contributed by atoms with E-state index in [1.165, 1.54) is 0 Å². The molecule has 0 aliphatic carbocycles. The van der Waals surface area contributed by atoms with Crippen molar-refractivity contribution in [2.24, 2.45) is 0 Å². The molecule has 0 fully saturated rings. The molecule has 2 rings (SSSR count). The smallest absolute Gasteiger partial charge is 0.251 e. The second kappa shape index (κ2) is 8.31. The van der Waals surface area contributed by atoms with Crippen LogP contribution in [-0.4, -0.2) is 25.5 Å². The van der Waals surface area contributed by atoms with E-state index < -0.39 is 0 Å². The van der Waals surface area contributed by atoms with Gasteiger partial charge in [0.1, 0.15) is 0 Å². The quantitative estimate of drug-likeness (QED) is 0.854. The zero-order valence-electron chi connectivity index (χ0n) is 12.6. The first-order valence-electron chi connectivity index (χ1n) is 7.00. The highest BCUT2D eigenvalue weighted by Gasteiger charge is 2.08. The number of benzene rings is 2. The van der Waals surface area contributed by atoms with Crippen LogP contribution in [0.15, 0.2) is 48.5 Å². The molecule has 0 saturated carbocycles. The largest absolute Gasteiger partial charge is 0.380 e. The minimum Gasteiger partial charge on any atom is -0.380 e. The molecular formula is C17H17ClN2O3. The van der Waals surface area contributed by atoms with Gasteiger partial charge in [-0.05, 0) is 35.9 Å². The number of ether oxygens (including phenoxy) is 1. The number of hydrogen-bond acceptors (Lipinski definition) is 3. The summed E-state index contributed by atoms with van der Waals surface area (Å²) in [6.07, 6.45) is 0. The number of anilines is 1. The van der Waals surface area contributed by atoms with Crippen molar-refractivity contribution in [2.75, 3.05) is 19.0 Å². The van der Waals surface area contributed by atoms with Crippen molar-refractivity contribution < 1.29 is 14.3 Å². The summed E-state index contributed by atoms with van der Waals surface area (Å²) in [6.45, 7) is 0.342. The molecule has 2 N–H and O–H groups in total. The molecule has 6 heteroatoms. The molecule has 2 aromatic carbocycles. The van der Waals surface area contributed by atoms with E-state index in [0.717, 1.165) is 5.56 Å². The monoisotopic (exact) mass is 332 g/mol. The van der Waals surface area contributed by atoms with Crippen molar-refractivity contribution in [1.29, 1.82) is 0 Å². The molecule has 0 aromatic heterocycles. The number of carbonyl (C=O) groups is 2. The Hall–Kier alpha value is -2.37. The zero-order chi connectivity index (χ0) is 16.7. The maximum atomic E-state index is 11.9. The first-order valence-corrected chi connectivity index (χ1v) is 7.38. The van der Waals surface area contributed by atoms with Gasteiger partial charge in [-0.2, -0.15) is 0 Å². The van der Waals surface area contributed by atoms with E-state index in [9.17, 15) is 9.59 Å². The molecule has 2 amide bonds. The SMILES string of the molecule is COCc1cccc(NC(=O)CNC(=O)c2cccc(Cl)c2)c1. The molecule has 0 saturated heterocycles. The second-order valence-corrected chi connectivity index (χ2v) is 5.31. The van der Waals surface area contributed by atoms with Crippen LogP contribution in [0.25, 0.3) is 0 Å². The van der Waals surface area contributed by atoms with Crippen LogP contribution in [0.1, 0.15) is 15.9 Å². The third-order valence-corrected chi connectivity index (χ3v) is 3.25. The Morgan fingerprint density at radius 2 is 1.91 bits per heavy atom. The predicted octanol–water partition coefficient (Wildman–Crippen LogP) is 2.85. The van der Waals surface area contributed by atoms with Crippen molar-refractivity contribution in [3.8, 4) is 0 Å². The fraction of sp³-hybridized carbons (Fsp3) is 0.176. The van der Waals surface area contributed by atoms with Gasteiger partial charge in [-0.3, -0.25) is 9.59 Å². The number of hydrogen-bond donors (Lipinski definition) is 2. The van der Waals surface area contributed by atoms with Crippen LogP contribution in [0.3, 0.4) is 0 Å². The van der Waals surface area contributed by atoms with Gasteiger partial charge in [-0.1, -0.05) is 29.8 Å². The lowest BCUT2D eigenvalue weighted by Crippen LogP contribution is -2.32. The highest BCUT2D eigenvalue weighted by Crippen LogP contribution is 2.12. The average Bonchev–Trinajstić information content (AvgIpc) is 2.53. The van der Waals surface area contributed by atoms with Crippen LogP contribution < -0.4 is 10.6 Å². The molecule has 5 nitrogen and oxygen atoms in total. The molecule has 0 unspecified atom stereocenters. The van der Waals surface area contributed by atoms with Crippen molar-refractivity contribution >= 4 is 29.1 Å². The van der Waals surface area contributed by atoms with Gasteiger partial charge in [0, 0.05) is 23.4 Å². The minimum absolute atomic E-state index is 0.125. The normalized spacial score (nSPS) is 10.2. The van der Waals surface area contributed by atoms with Crippen molar-refractivity contribution in [3.63, 3.8) is 0 Å². The molecule has 0 aliphatic heterocycles. The predicted molar refractivity (Wildman–Crippen MR) is 89.6 cm³/mol. The molecule has 120 valence electrons. The van der Waals surface area contributed by atoms with Gasteiger partial charge in [0.05, 0.1) is 13.2 Å². The third-order valence-electron chi connectivity index (χ3n) is 3.02. The van der Waals surface area contributed by atoms with Crippen molar-refractivity contribution in [2.45, 2.75) is 6.61 Å². The molecular weight excluding hydrogens is 316 g/mol. The molecule has 0 bridgehead atoms. The van der Waals surface area contributed by atoms with Crippen LogP contribution >= 0.6 is 11.6 Å². The number of nitrogens with one attached hydrogen (secondary N) is 2. The minimum atomic E-state index is -0.351. The van der Waals surface area contributed by atoms with E-state index in [4.69, 9.17) is 16.3 Å². The molecule has 2 aromatic rings. The van der Waals surface area contributed by atoms with Crippen LogP contribution in [0.2, 0.25) is 5.02 Å². The zero-order valence-corrected chi connectivity index (χ0v) is 13.4. The number of amides is 2. The summed E-state index contributed by atoms with van der Waals surface area (Å²) in [4.78, 5) is 23.8. The van der Waals surface area contributed by atoms with Crippen LogP contribution in [0.5, 0.6) is 0 Å². The Morgan fingerprint density at radius 3 is 2.65 bits per heavy atom. The first kappa shape index (κ1) is 17.0. The van der Waals surface area contributed by atoms with Gasteiger partial charge < -0.3 is 15.4 Å². The molecule has 0 aliphatic rings. The number of halogens is 1. The van der Waals surface area contributed by atoms with Crippen LogP contribution in [0, 0.1) is 0 Å². The van der Waals surface area contributed by atoms with Gasteiger partial charge in [-0.15, -0.1) is 0 Å². The van der Waals surface area contributed by atoms with Gasteiger partial charge in [0.25, 0.3) is 5.91 Å². The summed E-state index contributed by atoms with van der Waals surface area (Å²) in [7, 11) is 1.61. The van der Waals surface area contributed by atoms with Gasteiger partial charge >= 0.3 is 0 Å². The third kappa shape index (κ3) is 5.39. The molecule has 0 atom stereocenters. The number of rotatable bonds is 6. The van der Waals surface area contributed by atoms with Gasteiger partial charge in [0.2, 0.25) is 5.91 Å². The summed E-state index contributed by atoms with van der Waals surface area (Å²) in [5.74, 6) is -0.661. The fourth-order valence-corrected chi connectivity index (χ4v) is 2.19. The molecule has 0 spiro atoms. The van der Waals surface area contributed by atoms with Crippen molar-refractivity contribution in [1.82, 2.24) is 5.32 Å². The van der Waals surface area contributed by atoms with E-state index in [1.807, 2.05) is 18.2 Å². The lowest BCUT2D eigenvalue weighted by Gasteiger charge is -2.08. The Labute approximate surface area is 139 Å². The van der Waals surface area contributed by atoms with Gasteiger partial charge in [-0.25, -0.2) is 0 Å². The van der Waals surface area contributed by atoms with Gasteiger partial charge in [0.15, 0.2) is 0 Å². The summed E-state index contributed by atoms with van der Waals surface area (Å²) in [5, 5.41) is 5.74. The molecule has 0 radical (unpaired) electrons. The van der Waals surface area contributed by atoms with Crippen molar-refractivity contribution in [3.05, 3.63) is 64.7 Å². The van der Waals surface area contributed by atoms with E-state index in [1.54, 1.807) is 37.4 Å². The highest BCUT2D eigenvalue weighted by atomic mass is 35.5. The summed E-state index contributed by atoms with van der Waals surface area (Å²) in [5.41, 5.74) is 2.02. The van der Waals surface area contributed by atoms with E-state index >= 15 is 0 Å². The Morgan fingerprint density at radius 1 is 1.13 bits per heavy atom. The van der Waals surface area contributed by atoms with E-state index in [-0.39, 0.29) is 18.4 Å². The summed E-state index contributed by atoms with van der Waals surface area (Å²) < 4.78 is 5.04. The lowest BCUT2D eigenvalue weighted by molar-refractivity contribution is -0.115.